The molecular weight excluding hydrogens is 412 g/mol. The van der Waals surface area contributed by atoms with E-state index in [1.165, 1.54) is 37.7 Å². The number of aliphatic hydroxyl groups excluding tert-OH is 1. The predicted octanol–water partition coefficient (Wildman–Crippen LogP) is 5.66. The van der Waals surface area contributed by atoms with E-state index in [9.17, 15) is 20.4 Å². The van der Waals surface area contributed by atoms with Crippen LogP contribution in [0.2, 0.25) is 0 Å². The van der Waals surface area contributed by atoms with Gasteiger partial charge in [0, 0.05) is 19.4 Å². The molecule has 0 bridgehead atoms. The Hall–Kier alpha value is -0.940. The van der Waals surface area contributed by atoms with Crippen LogP contribution in [0.25, 0.3) is 0 Å². The van der Waals surface area contributed by atoms with Gasteiger partial charge in [-0.1, -0.05) is 51.0 Å². The fraction of sp³-hybridized carbons (Fsp3) is 0.793. The molecule has 0 spiro atoms. The number of aliphatic hydroxyl groups is 4. The van der Waals surface area contributed by atoms with Crippen molar-refractivity contribution >= 4 is 0 Å². The van der Waals surface area contributed by atoms with Crippen LogP contribution >= 0.6 is 0 Å². The van der Waals surface area contributed by atoms with E-state index in [-0.39, 0.29) is 25.4 Å². The van der Waals surface area contributed by atoms with Crippen molar-refractivity contribution in [3.8, 4) is 0 Å². The normalized spacial score (nSPS) is 35.8. The molecule has 3 saturated carbocycles. The van der Waals surface area contributed by atoms with E-state index in [2.05, 4.69) is 32.6 Å². The van der Waals surface area contributed by atoms with Gasteiger partial charge in [-0.2, -0.15) is 0 Å². The number of hydrogen-bond acceptors (Lipinski definition) is 4. The highest BCUT2D eigenvalue weighted by molar-refractivity contribution is 5.38. The number of fused-ring (bicyclic) bond motifs is 1. The van der Waals surface area contributed by atoms with E-state index in [0.29, 0.717) is 23.7 Å². The first-order valence-corrected chi connectivity index (χ1v) is 13.2. The van der Waals surface area contributed by atoms with Crippen molar-refractivity contribution in [1.82, 2.24) is 0 Å². The average molecular weight is 461 g/mol. The van der Waals surface area contributed by atoms with E-state index in [1.54, 1.807) is 0 Å². The van der Waals surface area contributed by atoms with Crippen molar-refractivity contribution in [2.75, 3.05) is 6.61 Å². The number of rotatable bonds is 8. The second-order valence-electron chi connectivity index (χ2n) is 12.3. The third-order valence-electron chi connectivity index (χ3n) is 9.10. The van der Waals surface area contributed by atoms with Crippen LogP contribution < -0.4 is 0 Å². The summed E-state index contributed by atoms with van der Waals surface area (Å²) in [7, 11) is 0. The Balaban J connectivity index is 1.73. The summed E-state index contributed by atoms with van der Waals surface area (Å²) < 4.78 is 0. The molecule has 4 N–H and O–H groups in total. The fourth-order valence-corrected chi connectivity index (χ4v) is 7.35. The van der Waals surface area contributed by atoms with Gasteiger partial charge in [-0.05, 0) is 99.0 Å². The van der Waals surface area contributed by atoms with Crippen molar-refractivity contribution in [1.29, 1.82) is 0 Å². The molecule has 0 saturated heterocycles. The SMILES string of the molecule is C=C1/C(=C\C=C2CCC[C@@]3(C)C2CC[C@@H]3[C@H](C)CCCC(C)(C)O)CC(O)(O)C[C@@H]1CCO. The molecule has 0 heterocycles. The van der Waals surface area contributed by atoms with Gasteiger partial charge in [-0.3, -0.25) is 0 Å². The highest BCUT2D eigenvalue weighted by Gasteiger charge is 2.50. The molecule has 0 amide bonds. The molecule has 0 aromatic heterocycles. The highest BCUT2D eigenvalue weighted by Crippen LogP contribution is 2.60. The van der Waals surface area contributed by atoms with E-state index in [0.717, 1.165) is 36.3 Å². The maximum absolute atomic E-state index is 10.4. The largest absolute Gasteiger partial charge is 0.396 e. The minimum absolute atomic E-state index is 0.0317. The first-order valence-electron chi connectivity index (χ1n) is 13.2. The highest BCUT2D eigenvalue weighted by atomic mass is 16.5. The third kappa shape index (κ3) is 6.39. The molecule has 0 aromatic carbocycles. The van der Waals surface area contributed by atoms with E-state index >= 15 is 0 Å². The van der Waals surface area contributed by atoms with Crippen LogP contribution in [0.4, 0.5) is 0 Å². The lowest BCUT2D eigenvalue weighted by Gasteiger charge is -2.44. The smallest absolute Gasteiger partial charge is 0.167 e. The Morgan fingerprint density at radius 3 is 2.61 bits per heavy atom. The van der Waals surface area contributed by atoms with Gasteiger partial charge in [0.1, 0.15) is 0 Å². The maximum Gasteiger partial charge on any atom is 0.167 e. The summed E-state index contributed by atoms with van der Waals surface area (Å²) in [5.41, 5.74) is 3.14. The first kappa shape index (κ1) is 26.7. The van der Waals surface area contributed by atoms with Gasteiger partial charge in [0.25, 0.3) is 0 Å². The van der Waals surface area contributed by atoms with Crippen LogP contribution in [-0.2, 0) is 0 Å². The second-order valence-corrected chi connectivity index (χ2v) is 12.3. The van der Waals surface area contributed by atoms with Crippen LogP contribution in [-0.4, -0.2) is 38.4 Å². The fourth-order valence-electron chi connectivity index (χ4n) is 7.35. The second kappa shape index (κ2) is 10.4. The van der Waals surface area contributed by atoms with Crippen molar-refractivity contribution in [2.45, 2.75) is 110 Å². The third-order valence-corrected chi connectivity index (χ3v) is 9.10. The van der Waals surface area contributed by atoms with Gasteiger partial charge in [0.2, 0.25) is 0 Å². The Bertz CT molecular complexity index is 756. The maximum atomic E-state index is 10.4. The Morgan fingerprint density at radius 1 is 1.21 bits per heavy atom. The summed E-state index contributed by atoms with van der Waals surface area (Å²) in [6.45, 7) is 13.0. The lowest BCUT2D eigenvalue weighted by molar-refractivity contribution is -0.175. The van der Waals surface area contributed by atoms with Crippen LogP contribution in [0.5, 0.6) is 0 Å². The lowest BCUT2D eigenvalue weighted by Crippen LogP contribution is -2.37. The molecule has 3 aliphatic carbocycles. The average Bonchev–Trinajstić information content (AvgIpc) is 3.06. The molecule has 0 aromatic rings. The molecule has 188 valence electrons. The molecule has 3 fully saturated rings. The van der Waals surface area contributed by atoms with Crippen molar-refractivity contribution in [2.24, 2.45) is 29.1 Å². The van der Waals surface area contributed by atoms with Gasteiger partial charge in [0.15, 0.2) is 5.79 Å². The van der Waals surface area contributed by atoms with Crippen LogP contribution in [0.15, 0.2) is 35.5 Å². The van der Waals surface area contributed by atoms with Crippen LogP contribution in [0, 0.1) is 29.1 Å². The van der Waals surface area contributed by atoms with Gasteiger partial charge >= 0.3 is 0 Å². The minimum Gasteiger partial charge on any atom is -0.396 e. The first-order chi connectivity index (χ1) is 15.4. The summed E-state index contributed by atoms with van der Waals surface area (Å²) in [5.74, 6) is 0.191. The van der Waals surface area contributed by atoms with E-state index < -0.39 is 11.4 Å². The molecular formula is C29H48O4. The van der Waals surface area contributed by atoms with Gasteiger partial charge in [-0.15, -0.1) is 0 Å². The quantitative estimate of drug-likeness (QED) is 0.352. The molecule has 0 aliphatic heterocycles. The molecule has 3 aliphatic rings. The molecule has 33 heavy (non-hydrogen) atoms. The molecule has 1 unspecified atom stereocenters. The predicted molar refractivity (Wildman–Crippen MR) is 134 cm³/mol. The Kier molecular flexibility index (Phi) is 8.37. The monoisotopic (exact) mass is 460 g/mol. The topological polar surface area (TPSA) is 80.9 Å². The summed E-state index contributed by atoms with van der Waals surface area (Å²) in [4.78, 5) is 0. The standard InChI is InChI=1S/C29H48O4/c1-20(8-6-15-27(3,4)31)25-12-13-26-22(9-7-16-28(25,26)5)10-11-23-18-29(32,33)19-24(14-17-30)21(23)2/h10-11,20,24-26,30-33H,2,6-9,12-19H2,1,3-5H3/b22-10?,23-11-/t20-,24+,25-,26?,28-/m1/s1. The Labute approximate surface area is 201 Å². The summed E-state index contributed by atoms with van der Waals surface area (Å²) in [6, 6.07) is 0. The lowest BCUT2D eigenvalue weighted by atomic mass is 9.60. The summed E-state index contributed by atoms with van der Waals surface area (Å²) in [5, 5.41) is 40.2. The zero-order chi connectivity index (χ0) is 24.4. The zero-order valence-corrected chi connectivity index (χ0v) is 21.4. The van der Waals surface area contributed by atoms with Gasteiger partial charge in [0.05, 0.1) is 5.60 Å². The number of hydrogen-bond donors (Lipinski definition) is 4. The zero-order valence-electron chi connectivity index (χ0n) is 21.4. The van der Waals surface area contributed by atoms with Crippen molar-refractivity contribution in [3.05, 3.63) is 35.5 Å². The Morgan fingerprint density at radius 2 is 1.94 bits per heavy atom. The summed E-state index contributed by atoms with van der Waals surface area (Å²) in [6.07, 6.45) is 14.6. The van der Waals surface area contributed by atoms with E-state index in [4.69, 9.17) is 0 Å². The molecule has 4 nitrogen and oxygen atoms in total. The van der Waals surface area contributed by atoms with Crippen molar-refractivity contribution < 1.29 is 20.4 Å². The molecule has 4 heteroatoms. The molecule has 3 rings (SSSR count). The summed E-state index contributed by atoms with van der Waals surface area (Å²) >= 11 is 0. The van der Waals surface area contributed by atoms with Gasteiger partial charge in [-0.25, -0.2) is 0 Å². The van der Waals surface area contributed by atoms with Crippen LogP contribution in [0.3, 0.4) is 0 Å². The van der Waals surface area contributed by atoms with E-state index in [1.807, 2.05) is 13.8 Å². The molecule has 5 atom stereocenters. The number of allylic oxidation sites excluding steroid dienone is 4. The van der Waals surface area contributed by atoms with Crippen molar-refractivity contribution in [3.63, 3.8) is 0 Å². The minimum atomic E-state index is -1.72. The molecule has 0 radical (unpaired) electrons. The van der Waals surface area contributed by atoms with Gasteiger partial charge < -0.3 is 20.4 Å². The van der Waals surface area contributed by atoms with Crippen LogP contribution in [0.1, 0.15) is 98.3 Å².